The molecule has 0 saturated heterocycles. The van der Waals surface area contributed by atoms with E-state index in [2.05, 4.69) is 5.32 Å². The largest absolute Gasteiger partial charge is 0.482 e. The van der Waals surface area contributed by atoms with Crippen LogP contribution in [0.4, 0.5) is 5.69 Å². The standard InChI is InChI=1S/C29H28ClNO5/c1-16-6-3-7-20(17(16)2)31-26(34)15-35-23-13-12-18(14-19(23)30)27-28-21(32)8-4-10-24(28)36-25-11-5-9-22(33)29(25)27/h3,6-7,12-14,27H,4-5,8-11,15H2,1-2H3,(H,31,34). The van der Waals surface area contributed by atoms with E-state index in [4.69, 9.17) is 21.1 Å². The average molecular weight is 506 g/mol. The monoisotopic (exact) mass is 505 g/mol. The van der Waals surface area contributed by atoms with E-state index >= 15 is 0 Å². The van der Waals surface area contributed by atoms with Crippen molar-refractivity contribution in [2.24, 2.45) is 0 Å². The van der Waals surface area contributed by atoms with Gasteiger partial charge in [-0.25, -0.2) is 0 Å². The van der Waals surface area contributed by atoms with Crippen LogP contribution < -0.4 is 10.1 Å². The van der Waals surface area contributed by atoms with Crippen LogP contribution in [0.15, 0.2) is 59.1 Å². The summed E-state index contributed by atoms with van der Waals surface area (Å²) in [5.74, 6) is 0.990. The summed E-state index contributed by atoms with van der Waals surface area (Å²) in [7, 11) is 0. The van der Waals surface area contributed by atoms with E-state index in [1.807, 2.05) is 38.1 Å². The molecule has 5 rings (SSSR count). The highest BCUT2D eigenvalue weighted by Gasteiger charge is 2.41. The van der Waals surface area contributed by atoms with Crippen LogP contribution in [0, 0.1) is 13.8 Å². The smallest absolute Gasteiger partial charge is 0.262 e. The molecule has 1 N–H and O–H groups in total. The molecule has 1 heterocycles. The van der Waals surface area contributed by atoms with Gasteiger partial charge in [-0.3, -0.25) is 14.4 Å². The number of allylic oxidation sites excluding steroid dienone is 4. The zero-order valence-electron chi connectivity index (χ0n) is 20.4. The number of ether oxygens (including phenoxy) is 2. The molecule has 2 aromatic carbocycles. The van der Waals surface area contributed by atoms with Crippen molar-refractivity contribution in [3.8, 4) is 5.75 Å². The van der Waals surface area contributed by atoms with Crippen LogP contribution in [-0.2, 0) is 19.1 Å². The third kappa shape index (κ3) is 4.58. The molecule has 0 atom stereocenters. The number of rotatable bonds is 5. The Kier molecular flexibility index (Phi) is 6.71. The highest BCUT2D eigenvalue weighted by molar-refractivity contribution is 6.32. The van der Waals surface area contributed by atoms with Gasteiger partial charge in [-0.15, -0.1) is 0 Å². The number of halogens is 1. The Labute approximate surface area is 215 Å². The van der Waals surface area contributed by atoms with Gasteiger partial charge < -0.3 is 14.8 Å². The Balaban J connectivity index is 1.38. The normalized spacial score (nSPS) is 18.0. The topological polar surface area (TPSA) is 81.7 Å². The summed E-state index contributed by atoms with van der Waals surface area (Å²) in [6, 6.07) is 11.0. The molecule has 36 heavy (non-hydrogen) atoms. The highest BCUT2D eigenvalue weighted by Crippen LogP contribution is 2.48. The van der Waals surface area contributed by atoms with Gasteiger partial charge in [-0.1, -0.05) is 29.8 Å². The number of nitrogens with one attached hydrogen (secondary N) is 1. The molecule has 6 nitrogen and oxygen atoms in total. The van der Waals surface area contributed by atoms with Gasteiger partial charge >= 0.3 is 0 Å². The SMILES string of the molecule is Cc1cccc(NC(=O)COc2ccc(C3C4=C(CCCC4=O)OC4=C3C(=O)CCC4)cc2Cl)c1C. The number of hydrogen-bond donors (Lipinski definition) is 1. The number of aryl methyl sites for hydroxylation is 1. The van der Waals surface area contributed by atoms with E-state index < -0.39 is 5.92 Å². The van der Waals surface area contributed by atoms with Gasteiger partial charge in [0.05, 0.1) is 5.02 Å². The first-order chi connectivity index (χ1) is 17.3. The summed E-state index contributed by atoms with van der Waals surface area (Å²) >= 11 is 6.57. The van der Waals surface area contributed by atoms with Crippen LogP contribution in [0.25, 0.3) is 0 Å². The second kappa shape index (κ2) is 9.94. The predicted molar refractivity (Wildman–Crippen MR) is 137 cm³/mol. The van der Waals surface area contributed by atoms with Gasteiger partial charge in [0, 0.05) is 48.4 Å². The van der Waals surface area contributed by atoms with Gasteiger partial charge in [0.1, 0.15) is 17.3 Å². The molecule has 7 heteroatoms. The maximum atomic E-state index is 12.9. The minimum absolute atomic E-state index is 0.0192. The molecule has 0 bridgehead atoms. The summed E-state index contributed by atoms with van der Waals surface area (Å²) in [5.41, 5.74) is 4.74. The number of carbonyl (C=O) groups excluding carboxylic acids is 3. The van der Waals surface area contributed by atoms with Crippen molar-refractivity contribution in [3.63, 3.8) is 0 Å². The lowest BCUT2D eigenvalue weighted by Gasteiger charge is -2.36. The fourth-order valence-corrected chi connectivity index (χ4v) is 5.42. The zero-order chi connectivity index (χ0) is 25.4. The molecule has 186 valence electrons. The molecule has 0 aromatic heterocycles. The summed E-state index contributed by atoms with van der Waals surface area (Å²) in [6.07, 6.45) is 3.76. The fraction of sp³-hybridized carbons (Fsp3) is 0.345. The minimum atomic E-state index is -0.483. The third-order valence-electron chi connectivity index (χ3n) is 7.17. The molecule has 0 unspecified atom stereocenters. The number of hydrogen-bond acceptors (Lipinski definition) is 5. The van der Waals surface area contributed by atoms with Crippen LogP contribution in [0.3, 0.4) is 0 Å². The van der Waals surface area contributed by atoms with Crippen molar-refractivity contribution in [2.45, 2.75) is 58.3 Å². The summed E-state index contributed by atoms with van der Waals surface area (Å²) in [6.45, 7) is 3.74. The summed E-state index contributed by atoms with van der Waals surface area (Å²) in [5, 5.41) is 3.18. The first-order valence-corrected chi connectivity index (χ1v) is 12.7. The van der Waals surface area contributed by atoms with Crippen molar-refractivity contribution in [1.82, 2.24) is 0 Å². The van der Waals surface area contributed by atoms with Crippen molar-refractivity contribution < 1.29 is 23.9 Å². The first-order valence-electron chi connectivity index (χ1n) is 12.3. The first kappa shape index (κ1) is 24.3. The molecular weight excluding hydrogens is 478 g/mol. The summed E-state index contributed by atoms with van der Waals surface area (Å²) in [4.78, 5) is 38.4. The fourth-order valence-electron chi connectivity index (χ4n) is 5.18. The Morgan fingerprint density at radius 3 is 2.31 bits per heavy atom. The third-order valence-corrected chi connectivity index (χ3v) is 7.46. The second-order valence-corrected chi connectivity index (χ2v) is 9.94. The van der Waals surface area contributed by atoms with Crippen molar-refractivity contribution >= 4 is 34.8 Å². The van der Waals surface area contributed by atoms with Crippen LogP contribution in [-0.4, -0.2) is 24.1 Å². The Morgan fingerprint density at radius 1 is 1.00 bits per heavy atom. The average Bonchev–Trinajstić information content (AvgIpc) is 2.85. The maximum absolute atomic E-state index is 12.9. The molecule has 3 aliphatic rings. The lowest BCUT2D eigenvalue weighted by molar-refractivity contribution is -0.119. The van der Waals surface area contributed by atoms with E-state index in [0.29, 0.717) is 59.1 Å². The van der Waals surface area contributed by atoms with Gasteiger partial charge in [0.15, 0.2) is 18.2 Å². The van der Waals surface area contributed by atoms with Crippen molar-refractivity contribution in [2.75, 3.05) is 11.9 Å². The zero-order valence-corrected chi connectivity index (χ0v) is 21.2. The summed E-state index contributed by atoms with van der Waals surface area (Å²) < 4.78 is 11.8. The van der Waals surface area contributed by atoms with E-state index in [1.165, 1.54) is 0 Å². The lowest BCUT2D eigenvalue weighted by Crippen LogP contribution is -2.30. The molecule has 2 aromatic rings. The number of anilines is 1. The van der Waals surface area contributed by atoms with Crippen LogP contribution >= 0.6 is 11.6 Å². The maximum Gasteiger partial charge on any atom is 0.262 e. The molecular formula is C29H28ClNO5. The molecule has 0 fully saturated rings. The molecule has 0 spiro atoms. The highest BCUT2D eigenvalue weighted by atomic mass is 35.5. The number of ketones is 2. The lowest BCUT2D eigenvalue weighted by atomic mass is 9.73. The van der Waals surface area contributed by atoms with E-state index in [1.54, 1.807) is 12.1 Å². The molecule has 0 saturated carbocycles. The number of benzene rings is 2. The Hall–Kier alpha value is -3.38. The quantitative estimate of drug-likeness (QED) is 0.530. The Morgan fingerprint density at radius 2 is 1.67 bits per heavy atom. The molecule has 1 amide bonds. The van der Waals surface area contributed by atoms with E-state index in [9.17, 15) is 14.4 Å². The van der Waals surface area contributed by atoms with Crippen molar-refractivity contribution in [1.29, 1.82) is 0 Å². The predicted octanol–water partition coefficient (Wildman–Crippen LogP) is 6.10. The Bertz CT molecular complexity index is 1300. The molecule has 0 radical (unpaired) electrons. The van der Waals surface area contributed by atoms with Crippen LogP contribution in [0.2, 0.25) is 5.02 Å². The molecule has 1 aliphatic heterocycles. The number of amides is 1. The minimum Gasteiger partial charge on any atom is -0.482 e. The van der Waals surface area contributed by atoms with Gasteiger partial charge in [0.25, 0.3) is 5.91 Å². The van der Waals surface area contributed by atoms with Crippen LogP contribution in [0.1, 0.15) is 61.1 Å². The number of carbonyl (C=O) groups is 3. The van der Waals surface area contributed by atoms with Gasteiger partial charge in [-0.2, -0.15) is 0 Å². The van der Waals surface area contributed by atoms with Crippen LogP contribution in [0.5, 0.6) is 5.75 Å². The van der Waals surface area contributed by atoms with Gasteiger partial charge in [-0.05, 0) is 61.6 Å². The van der Waals surface area contributed by atoms with Gasteiger partial charge in [0.2, 0.25) is 0 Å². The second-order valence-electron chi connectivity index (χ2n) is 9.54. The van der Waals surface area contributed by atoms with E-state index in [0.717, 1.165) is 35.2 Å². The van der Waals surface area contributed by atoms with E-state index in [-0.39, 0.29) is 24.1 Å². The van der Waals surface area contributed by atoms with Crippen molar-refractivity contribution in [3.05, 3.63) is 80.8 Å². The number of Topliss-reactive ketones (excluding diaryl/α,β-unsaturated/α-hetero) is 2. The molecule has 2 aliphatic carbocycles.